The quantitative estimate of drug-likeness (QED) is 0.430. The summed E-state index contributed by atoms with van der Waals surface area (Å²) < 4.78 is 6.48. The lowest BCUT2D eigenvalue weighted by molar-refractivity contribution is -0.142. The number of halogens is 2. The van der Waals surface area contributed by atoms with E-state index in [1.165, 1.54) is 0 Å². The first-order valence-corrected chi connectivity index (χ1v) is 15.1. The zero-order chi connectivity index (χ0) is 29.1. The highest BCUT2D eigenvalue weighted by Gasteiger charge is 2.72. The number of ether oxygens (including phenoxy) is 1. The number of carbonyl (C=O) groups excluding carboxylic acids is 3. The molecule has 2 aromatic carbocycles. The monoisotopic (exact) mass is 595 g/mol. The van der Waals surface area contributed by atoms with Crippen LogP contribution in [-0.2, 0) is 25.7 Å². The van der Waals surface area contributed by atoms with Crippen molar-refractivity contribution in [3.8, 4) is 0 Å². The molecule has 0 radical (unpaired) electrons. The second-order valence-corrected chi connectivity index (χ2v) is 12.9. The molecule has 3 fully saturated rings. The highest BCUT2D eigenvalue weighted by molar-refractivity contribution is 6.31. The number of likely N-dealkylation sites (tertiary alicyclic amines) is 1. The average molecular weight is 597 g/mol. The van der Waals surface area contributed by atoms with Crippen molar-refractivity contribution >= 4 is 46.6 Å². The van der Waals surface area contributed by atoms with E-state index in [-0.39, 0.29) is 30.3 Å². The molecule has 2 bridgehead atoms. The van der Waals surface area contributed by atoms with Crippen LogP contribution in [0.2, 0.25) is 10.0 Å². The Morgan fingerprint density at radius 1 is 1.07 bits per heavy atom. The van der Waals surface area contributed by atoms with Gasteiger partial charge in [-0.2, -0.15) is 0 Å². The highest BCUT2D eigenvalue weighted by Crippen LogP contribution is 2.55. The molecule has 6 rings (SSSR count). The maximum atomic E-state index is 14.3. The van der Waals surface area contributed by atoms with E-state index in [1.54, 1.807) is 23.1 Å². The standard InChI is InChI=1S/C32H35Cl2N3O4/c1-17-7-6-10-24(19(17)3)36-30(39)28-32-14-13-25(41-32)26(29(38)35-21-12-11-18(2)23(34)15-21)27(32)31(40)37(28)16-20-8-4-5-9-22(20)33/h4-5,8-9,11-15,17,19,24-28H,6-7,10,16H2,1-3H3,(H,35,38)(H,36,39)/t17-,19-,24-,25-,26+,27-,28-,32-/m1/s1. The Hall–Kier alpha value is -2.87. The minimum absolute atomic E-state index is 0.00642. The molecule has 1 aliphatic carbocycles. The minimum Gasteiger partial charge on any atom is -0.359 e. The molecule has 2 saturated heterocycles. The molecule has 41 heavy (non-hydrogen) atoms. The molecule has 2 aromatic rings. The number of hydrogen-bond donors (Lipinski definition) is 2. The largest absolute Gasteiger partial charge is 0.359 e. The van der Waals surface area contributed by atoms with Crippen molar-refractivity contribution in [1.82, 2.24) is 10.2 Å². The number of anilines is 1. The number of rotatable bonds is 6. The van der Waals surface area contributed by atoms with E-state index >= 15 is 0 Å². The predicted molar refractivity (Wildman–Crippen MR) is 158 cm³/mol. The van der Waals surface area contributed by atoms with Crippen molar-refractivity contribution in [2.24, 2.45) is 23.7 Å². The average Bonchev–Trinajstić information content (AvgIpc) is 3.58. The number of nitrogens with zero attached hydrogens (tertiary/aromatic N) is 1. The Bertz CT molecular complexity index is 1430. The lowest BCUT2D eigenvalue weighted by atomic mass is 9.73. The van der Waals surface area contributed by atoms with Gasteiger partial charge in [-0.25, -0.2) is 0 Å². The van der Waals surface area contributed by atoms with Gasteiger partial charge in [-0.1, -0.05) is 86.3 Å². The number of fused-ring (bicyclic) bond motifs is 1. The van der Waals surface area contributed by atoms with Crippen LogP contribution < -0.4 is 10.6 Å². The van der Waals surface area contributed by atoms with Crippen LogP contribution in [0, 0.1) is 30.6 Å². The van der Waals surface area contributed by atoms with Crippen molar-refractivity contribution < 1.29 is 19.1 Å². The van der Waals surface area contributed by atoms with Crippen LogP contribution >= 0.6 is 23.2 Å². The van der Waals surface area contributed by atoms with Gasteiger partial charge in [0.1, 0.15) is 11.6 Å². The summed E-state index contributed by atoms with van der Waals surface area (Å²) >= 11 is 12.8. The fourth-order valence-corrected chi connectivity index (χ4v) is 7.57. The number of amides is 3. The summed E-state index contributed by atoms with van der Waals surface area (Å²) in [4.78, 5) is 43.7. The highest BCUT2D eigenvalue weighted by atomic mass is 35.5. The fraction of sp³-hybridized carbons (Fsp3) is 0.469. The lowest BCUT2D eigenvalue weighted by Crippen LogP contribution is -2.57. The third-order valence-electron chi connectivity index (χ3n) is 9.70. The Kier molecular flexibility index (Phi) is 7.41. The van der Waals surface area contributed by atoms with E-state index in [4.69, 9.17) is 27.9 Å². The van der Waals surface area contributed by atoms with Crippen molar-refractivity contribution in [2.45, 2.75) is 70.4 Å². The Balaban J connectivity index is 1.34. The van der Waals surface area contributed by atoms with E-state index in [1.807, 2.05) is 43.3 Å². The molecule has 3 amide bonds. The van der Waals surface area contributed by atoms with Crippen LogP contribution in [0.4, 0.5) is 5.69 Å². The maximum absolute atomic E-state index is 14.3. The molecule has 216 valence electrons. The molecule has 3 aliphatic heterocycles. The van der Waals surface area contributed by atoms with E-state index in [0.29, 0.717) is 27.6 Å². The molecule has 3 heterocycles. The summed E-state index contributed by atoms with van der Waals surface area (Å²) in [7, 11) is 0. The van der Waals surface area contributed by atoms with Crippen LogP contribution in [0.5, 0.6) is 0 Å². The van der Waals surface area contributed by atoms with Gasteiger partial charge in [0.05, 0.1) is 17.9 Å². The molecule has 1 saturated carbocycles. The van der Waals surface area contributed by atoms with Crippen LogP contribution in [0.1, 0.15) is 44.2 Å². The topological polar surface area (TPSA) is 87.7 Å². The zero-order valence-corrected chi connectivity index (χ0v) is 24.9. The van der Waals surface area contributed by atoms with Crippen LogP contribution in [0.25, 0.3) is 0 Å². The van der Waals surface area contributed by atoms with Gasteiger partial charge in [-0.15, -0.1) is 0 Å². The van der Waals surface area contributed by atoms with E-state index < -0.39 is 29.6 Å². The number of aryl methyl sites for hydroxylation is 1. The second kappa shape index (κ2) is 10.8. The van der Waals surface area contributed by atoms with Gasteiger partial charge in [0.2, 0.25) is 17.7 Å². The molecular formula is C32H35Cl2N3O4. The van der Waals surface area contributed by atoms with E-state index in [2.05, 4.69) is 24.5 Å². The fourth-order valence-electron chi connectivity index (χ4n) is 7.19. The van der Waals surface area contributed by atoms with Gasteiger partial charge < -0.3 is 20.3 Å². The third-order valence-corrected chi connectivity index (χ3v) is 10.5. The number of nitrogens with one attached hydrogen (secondary N) is 2. The Morgan fingerprint density at radius 2 is 1.85 bits per heavy atom. The van der Waals surface area contributed by atoms with E-state index in [0.717, 1.165) is 30.4 Å². The molecule has 0 aromatic heterocycles. The first-order valence-electron chi connectivity index (χ1n) is 14.4. The SMILES string of the molecule is Cc1ccc(NC(=O)[C@H]2[C@H]3C=C[C@@]4(O3)[C@H]2C(=O)N(Cc2ccccc2Cl)[C@@H]4C(=O)N[C@@H]2CCC[C@@H](C)[C@H]2C)cc1Cl. The molecule has 2 N–H and O–H groups in total. The van der Waals surface area contributed by atoms with Crippen molar-refractivity contribution in [2.75, 3.05) is 5.32 Å². The van der Waals surface area contributed by atoms with Crippen LogP contribution in [0.3, 0.4) is 0 Å². The molecular weight excluding hydrogens is 561 g/mol. The van der Waals surface area contributed by atoms with Crippen molar-refractivity contribution in [3.05, 3.63) is 75.8 Å². The van der Waals surface area contributed by atoms with Crippen LogP contribution in [0.15, 0.2) is 54.6 Å². The van der Waals surface area contributed by atoms with E-state index in [9.17, 15) is 14.4 Å². The minimum atomic E-state index is -1.25. The first kappa shape index (κ1) is 28.3. The lowest BCUT2D eigenvalue weighted by Gasteiger charge is -2.38. The predicted octanol–water partition coefficient (Wildman–Crippen LogP) is 5.53. The number of hydrogen-bond acceptors (Lipinski definition) is 4. The molecule has 7 nitrogen and oxygen atoms in total. The second-order valence-electron chi connectivity index (χ2n) is 12.1. The first-order chi connectivity index (χ1) is 19.6. The van der Waals surface area contributed by atoms with Gasteiger partial charge in [0.15, 0.2) is 0 Å². The van der Waals surface area contributed by atoms with Gasteiger partial charge in [0, 0.05) is 28.3 Å². The van der Waals surface area contributed by atoms with Crippen LogP contribution in [-0.4, -0.2) is 46.4 Å². The summed E-state index contributed by atoms with van der Waals surface area (Å²) in [5.74, 6) is -1.72. The summed E-state index contributed by atoms with van der Waals surface area (Å²) in [5.41, 5.74) is 0.917. The molecule has 8 atom stereocenters. The summed E-state index contributed by atoms with van der Waals surface area (Å²) in [6.07, 6.45) is 6.10. The van der Waals surface area contributed by atoms with Crippen molar-refractivity contribution in [1.29, 1.82) is 0 Å². The normalized spacial score (nSPS) is 33.6. The molecule has 0 unspecified atom stereocenters. The Morgan fingerprint density at radius 3 is 2.61 bits per heavy atom. The molecule has 1 spiro atoms. The third kappa shape index (κ3) is 4.76. The summed E-state index contributed by atoms with van der Waals surface area (Å²) in [6, 6.07) is 11.7. The number of benzene rings is 2. The van der Waals surface area contributed by atoms with Gasteiger partial charge in [0.25, 0.3) is 0 Å². The van der Waals surface area contributed by atoms with Crippen molar-refractivity contribution in [3.63, 3.8) is 0 Å². The van der Waals surface area contributed by atoms with Gasteiger partial charge in [-0.05, 0) is 54.5 Å². The summed E-state index contributed by atoms with van der Waals surface area (Å²) in [6.45, 7) is 6.41. The van der Waals surface area contributed by atoms with Gasteiger partial charge >= 0.3 is 0 Å². The smallest absolute Gasteiger partial charge is 0.246 e. The molecule has 4 aliphatic rings. The number of carbonyl (C=O) groups is 3. The van der Waals surface area contributed by atoms with Gasteiger partial charge in [-0.3, -0.25) is 14.4 Å². The zero-order valence-electron chi connectivity index (χ0n) is 23.4. The summed E-state index contributed by atoms with van der Waals surface area (Å²) in [5, 5.41) is 7.26. The maximum Gasteiger partial charge on any atom is 0.246 e. The molecule has 9 heteroatoms. The Labute approximate surface area is 250 Å².